The van der Waals surface area contributed by atoms with E-state index in [-0.39, 0.29) is 11.3 Å². The summed E-state index contributed by atoms with van der Waals surface area (Å²) in [7, 11) is -3.33. The number of sulfone groups is 1. The van der Waals surface area contributed by atoms with Gasteiger partial charge in [0.15, 0.2) is 9.84 Å². The molecule has 0 spiro atoms. The fourth-order valence-electron chi connectivity index (χ4n) is 4.08. The zero-order chi connectivity index (χ0) is 20.8. The second-order valence-electron chi connectivity index (χ2n) is 8.28. The predicted octanol–water partition coefficient (Wildman–Crippen LogP) is 0.0558. The first-order valence-corrected chi connectivity index (χ1v) is 11.9. The quantitative estimate of drug-likeness (QED) is 0.618. The molecule has 4 N–H and O–H groups in total. The van der Waals surface area contributed by atoms with Crippen LogP contribution in [0.4, 0.5) is 11.8 Å². The Hall–Kier alpha value is -2.27. The van der Waals surface area contributed by atoms with E-state index in [1.54, 1.807) is 12.1 Å². The van der Waals surface area contributed by atoms with Crippen molar-refractivity contribution in [3.05, 3.63) is 41.1 Å². The van der Waals surface area contributed by atoms with Gasteiger partial charge in [-0.05, 0) is 11.6 Å². The Morgan fingerprint density at radius 3 is 2.90 bits per heavy atom. The third kappa shape index (κ3) is 3.64. The van der Waals surface area contributed by atoms with Crippen molar-refractivity contribution in [2.45, 2.75) is 29.9 Å². The predicted molar refractivity (Wildman–Crippen MR) is 113 cm³/mol. The molecule has 3 aliphatic rings. The fourth-order valence-corrected chi connectivity index (χ4v) is 5.58. The Morgan fingerprint density at radius 2 is 2.10 bits per heavy atom. The molecular formula is C20H26N6O3S. The van der Waals surface area contributed by atoms with E-state index < -0.39 is 9.84 Å². The van der Waals surface area contributed by atoms with E-state index in [9.17, 15) is 8.42 Å². The first-order valence-electron chi connectivity index (χ1n) is 10.2. The molecule has 1 aromatic heterocycles. The van der Waals surface area contributed by atoms with Gasteiger partial charge in [-0.15, -0.1) is 0 Å². The summed E-state index contributed by atoms with van der Waals surface area (Å²) < 4.78 is 30.7. The molecular weight excluding hydrogens is 404 g/mol. The van der Waals surface area contributed by atoms with Crippen LogP contribution in [0.15, 0.2) is 29.2 Å². The molecule has 0 unspecified atom stereocenters. The molecule has 30 heavy (non-hydrogen) atoms. The topological polar surface area (TPSA) is 122 Å². The number of hydrogen-bond acceptors (Lipinski definition) is 9. The van der Waals surface area contributed by atoms with Gasteiger partial charge in [0.05, 0.1) is 35.1 Å². The number of hydrogen-bond donors (Lipinski definition) is 3. The summed E-state index contributed by atoms with van der Waals surface area (Å²) in [5.74, 6) is 1.36. The third-order valence-electron chi connectivity index (χ3n) is 5.89. The molecule has 3 aliphatic heterocycles. The number of nitrogens with two attached hydrogens (primary N) is 1. The molecule has 0 radical (unpaired) electrons. The van der Waals surface area contributed by atoms with Crippen molar-refractivity contribution < 1.29 is 13.2 Å². The van der Waals surface area contributed by atoms with Crippen LogP contribution in [0.25, 0.3) is 0 Å². The Kier molecular flexibility index (Phi) is 4.89. The van der Waals surface area contributed by atoms with Crippen molar-refractivity contribution in [2.24, 2.45) is 5.73 Å². The van der Waals surface area contributed by atoms with Crippen LogP contribution >= 0.6 is 0 Å². The van der Waals surface area contributed by atoms with E-state index in [0.29, 0.717) is 50.2 Å². The Labute approximate surface area is 175 Å². The molecule has 160 valence electrons. The van der Waals surface area contributed by atoms with Gasteiger partial charge in [0.1, 0.15) is 5.82 Å². The monoisotopic (exact) mass is 430 g/mol. The Balaban J connectivity index is 1.49. The van der Waals surface area contributed by atoms with Gasteiger partial charge in [0, 0.05) is 44.7 Å². The van der Waals surface area contributed by atoms with Gasteiger partial charge < -0.3 is 26.0 Å². The lowest BCUT2D eigenvalue weighted by Crippen LogP contribution is -2.61. The summed E-state index contributed by atoms with van der Waals surface area (Å²) in [5, 5.41) is 6.78. The van der Waals surface area contributed by atoms with Gasteiger partial charge in [-0.2, -0.15) is 4.98 Å². The van der Waals surface area contributed by atoms with E-state index in [4.69, 9.17) is 20.4 Å². The van der Waals surface area contributed by atoms with Crippen molar-refractivity contribution in [3.63, 3.8) is 0 Å². The second kappa shape index (κ2) is 7.45. The fraction of sp³-hybridized carbons (Fsp3) is 0.500. The Morgan fingerprint density at radius 1 is 1.27 bits per heavy atom. The standard InChI is InChI=1S/C20H26N6O3S/c21-20(12-29-13-20)11-23-18-15-9-22-6-5-16(15)24-19(25-18)26-7-8-30(27,28)17-4-2-1-3-14(17)10-26/h1-4,22H,5-13,21H2,(H,23,24,25). The number of anilines is 2. The van der Waals surface area contributed by atoms with Crippen LogP contribution in [0.5, 0.6) is 0 Å². The van der Waals surface area contributed by atoms with E-state index in [0.717, 1.165) is 35.6 Å². The van der Waals surface area contributed by atoms with Gasteiger partial charge in [0.2, 0.25) is 5.95 Å². The maximum Gasteiger partial charge on any atom is 0.227 e. The molecule has 0 aliphatic carbocycles. The molecule has 1 aromatic carbocycles. The first-order chi connectivity index (χ1) is 14.4. The van der Waals surface area contributed by atoms with Crippen LogP contribution in [0.3, 0.4) is 0 Å². The van der Waals surface area contributed by atoms with Gasteiger partial charge in [-0.3, -0.25) is 0 Å². The van der Waals surface area contributed by atoms with Crippen LogP contribution in [0, 0.1) is 0 Å². The lowest BCUT2D eigenvalue weighted by molar-refractivity contribution is -0.0462. The molecule has 10 heteroatoms. The molecule has 0 amide bonds. The summed E-state index contributed by atoms with van der Waals surface area (Å²) in [6.07, 6.45) is 0.805. The van der Waals surface area contributed by atoms with Crippen LogP contribution in [-0.2, 0) is 34.1 Å². The van der Waals surface area contributed by atoms with Gasteiger partial charge in [-0.1, -0.05) is 18.2 Å². The summed E-state index contributed by atoms with van der Waals surface area (Å²) in [5.41, 5.74) is 8.74. The smallest absolute Gasteiger partial charge is 0.227 e. The minimum absolute atomic E-state index is 0.0397. The SMILES string of the molecule is NC1(CNc2nc(N3CCS(=O)(=O)c4ccccc4C3)nc3c2CNCC3)COC1. The average Bonchev–Trinajstić information content (AvgIpc) is 2.86. The third-order valence-corrected chi connectivity index (χ3v) is 7.68. The van der Waals surface area contributed by atoms with Crippen molar-refractivity contribution in [3.8, 4) is 0 Å². The van der Waals surface area contributed by atoms with Crippen molar-refractivity contribution >= 4 is 21.6 Å². The van der Waals surface area contributed by atoms with Crippen LogP contribution < -0.4 is 21.3 Å². The summed E-state index contributed by atoms with van der Waals surface area (Å²) in [6, 6.07) is 7.18. The molecule has 1 saturated heterocycles. The Bertz CT molecular complexity index is 1070. The van der Waals surface area contributed by atoms with Crippen LogP contribution in [-0.4, -0.2) is 62.5 Å². The number of nitrogens with one attached hydrogen (secondary N) is 2. The number of nitrogens with zero attached hydrogens (tertiary/aromatic N) is 3. The van der Waals surface area contributed by atoms with Gasteiger partial charge in [0.25, 0.3) is 0 Å². The highest BCUT2D eigenvalue weighted by Crippen LogP contribution is 2.28. The molecule has 2 aromatic rings. The minimum atomic E-state index is -3.33. The van der Waals surface area contributed by atoms with Crippen molar-refractivity contribution in [2.75, 3.05) is 48.8 Å². The average molecular weight is 431 g/mol. The maximum atomic E-state index is 12.7. The number of ether oxygens (including phenoxy) is 1. The highest BCUT2D eigenvalue weighted by atomic mass is 32.2. The molecule has 0 bridgehead atoms. The molecule has 0 atom stereocenters. The summed E-state index contributed by atoms with van der Waals surface area (Å²) >= 11 is 0. The largest absolute Gasteiger partial charge is 0.377 e. The van der Waals surface area contributed by atoms with Crippen LogP contribution in [0.1, 0.15) is 16.8 Å². The lowest BCUT2D eigenvalue weighted by atomic mass is 9.99. The molecule has 9 nitrogen and oxygen atoms in total. The van der Waals surface area contributed by atoms with Crippen molar-refractivity contribution in [1.29, 1.82) is 0 Å². The number of benzene rings is 1. The van der Waals surface area contributed by atoms with E-state index in [1.807, 2.05) is 17.0 Å². The number of aromatic nitrogens is 2. The maximum absolute atomic E-state index is 12.7. The lowest BCUT2D eigenvalue weighted by Gasteiger charge is -2.38. The first kappa shape index (κ1) is 19.7. The number of rotatable bonds is 4. The molecule has 1 fully saturated rings. The van der Waals surface area contributed by atoms with Crippen molar-refractivity contribution in [1.82, 2.24) is 15.3 Å². The van der Waals surface area contributed by atoms with E-state index >= 15 is 0 Å². The van der Waals surface area contributed by atoms with E-state index in [2.05, 4.69) is 10.6 Å². The second-order valence-corrected chi connectivity index (χ2v) is 10.4. The zero-order valence-corrected chi connectivity index (χ0v) is 17.5. The summed E-state index contributed by atoms with van der Waals surface area (Å²) in [6.45, 7) is 3.98. The zero-order valence-electron chi connectivity index (χ0n) is 16.7. The molecule has 5 rings (SSSR count). The molecule has 4 heterocycles. The van der Waals surface area contributed by atoms with Gasteiger partial charge in [-0.25, -0.2) is 13.4 Å². The highest BCUT2D eigenvalue weighted by Gasteiger charge is 2.34. The number of fused-ring (bicyclic) bond motifs is 2. The summed E-state index contributed by atoms with van der Waals surface area (Å²) in [4.78, 5) is 12.0. The van der Waals surface area contributed by atoms with E-state index in [1.165, 1.54) is 0 Å². The van der Waals surface area contributed by atoms with Gasteiger partial charge >= 0.3 is 0 Å². The normalized spacial score (nSPS) is 21.7. The highest BCUT2D eigenvalue weighted by molar-refractivity contribution is 7.91. The molecule has 0 saturated carbocycles. The van der Waals surface area contributed by atoms with Crippen LogP contribution in [0.2, 0.25) is 0 Å². The minimum Gasteiger partial charge on any atom is -0.377 e.